The van der Waals surface area contributed by atoms with Crippen molar-refractivity contribution in [1.82, 2.24) is 9.80 Å². The number of hydrogen-bond acceptors (Lipinski definition) is 2. The van der Waals surface area contributed by atoms with Gasteiger partial charge in [-0.25, -0.2) is 4.79 Å². The summed E-state index contributed by atoms with van der Waals surface area (Å²) in [5.41, 5.74) is 0. The number of aliphatic hydroxyl groups excluding tert-OH is 1. The molecule has 1 heterocycles. The van der Waals surface area contributed by atoms with Gasteiger partial charge in [0.15, 0.2) is 0 Å². The molecular weight excluding hydrogens is 192 g/mol. The van der Waals surface area contributed by atoms with Gasteiger partial charge in [-0.15, -0.1) is 0 Å². The quantitative estimate of drug-likeness (QED) is 0.749. The molecule has 15 heavy (non-hydrogen) atoms. The van der Waals surface area contributed by atoms with Crippen LogP contribution in [-0.4, -0.2) is 53.7 Å². The van der Waals surface area contributed by atoms with Gasteiger partial charge in [-0.2, -0.15) is 0 Å². The van der Waals surface area contributed by atoms with Gasteiger partial charge >= 0.3 is 6.03 Å². The number of aliphatic hydroxyl groups is 1. The average Bonchev–Trinajstić information content (AvgIpc) is 2.17. The molecule has 4 heteroatoms. The number of carbonyl (C=O) groups is 1. The number of urea groups is 1. The second-order valence-electron chi connectivity index (χ2n) is 4.68. The maximum Gasteiger partial charge on any atom is 0.319 e. The van der Waals surface area contributed by atoms with E-state index in [0.29, 0.717) is 6.54 Å². The summed E-state index contributed by atoms with van der Waals surface area (Å²) in [5.74, 6) is 0.733. The van der Waals surface area contributed by atoms with Crippen molar-refractivity contribution in [3.8, 4) is 0 Å². The predicted molar refractivity (Wildman–Crippen MR) is 59.7 cm³/mol. The number of hydrogen-bond donors (Lipinski definition) is 1. The van der Waals surface area contributed by atoms with E-state index in [1.165, 1.54) is 0 Å². The van der Waals surface area contributed by atoms with Gasteiger partial charge in [-0.1, -0.05) is 6.92 Å². The van der Waals surface area contributed by atoms with Crippen molar-refractivity contribution < 1.29 is 9.90 Å². The molecule has 1 aliphatic rings. The first-order valence-electron chi connectivity index (χ1n) is 5.68. The summed E-state index contributed by atoms with van der Waals surface area (Å²) in [5, 5.41) is 9.20. The van der Waals surface area contributed by atoms with Crippen LogP contribution in [0.5, 0.6) is 0 Å². The monoisotopic (exact) mass is 214 g/mol. The van der Waals surface area contributed by atoms with Crippen LogP contribution in [-0.2, 0) is 0 Å². The highest BCUT2D eigenvalue weighted by Crippen LogP contribution is 2.16. The first-order chi connectivity index (χ1) is 7.00. The van der Waals surface area contributed by atoms with Gasteiger partial charge in [0.2, 0.25) is 0 Å². The molecule has 0 saturated carbocycles. The van der Waals surface area contributed by atoms with Gasteiger partial charge < -0.3 is 14.9 Å². The fourth-order valence-corrected chi connectivity index (χ4v) is 1.92. The van der Waals surface area contributed by atoms with Crippen LogP contribution >= 0.6 is 0 Å². The first-order valence-corrected chi connectivity index (χ1v) is 5.68. The summed E-state index contributed by atoms with van der Waals surface area (Å²) < 4.78 is 0. The van der Waals surface area contributed by atoms with E-state index in [2.05, 4.69) is 6.92 Å². The van der Waals surface area contributed by atoms with E-state index in [-0.39, 0.29) is 6.03 Å². The predicted octanol–water partition coefficient (Wildman–Crippen LogP) is 1.15. The molecule has 0 aromatic rings. The Morgan fingerprint density at radius 1 is 1.53 bits per heavy atom. The van der Waals surface area contributed by atoms with E-state index in [4.69, 9.17) is 0 Å². The molecule has 4 nitrogen and oxygen atoms in total. The zero-order valence-electron chi connectivity index (χ0n) is 9.94. The van der Waals surface area contributed by atoms with E-state index >= 15 is 0 Å². The average molecular weight is 214 g/mol. The zero-order valence-corrected chi connectivity index (χ0v) is 9.94. The minimum Gasteiger partial charge on any atom is -0.392 e. The van der Waals surface area contributed by atoms with E-state index in [1.807, 2.05) is 4.90 Å². The largest absolute Gasteiger partial charge is 0.392 e. The summed E-state index contributed by atoms with van der Waals surface area (Å²) in [6.45, 7) is 6.03. The summed E-state index contributed by atoms with van der Waals surface area (Å²) in [7, 11) is 1.74. The lowest BCUT2D eigenvalue weighted by Gasteiger charge is -2.33. The van der Waals surface area contributed by atoms with Gasteiger partial charge in [-0.05, 0) is 25.7 Å². The molecule has 1 atom stereocenters. The maximum absolute atomic E-state index is 11.9. The smallest absolute Gasteiger partial charge is 0.319 e. The molecule has 0 radical (unpaired) electrons. The Morgan fingerprint density at radius 3 is 2.53 bits per heavy atom. The van der Waals surface area contributed by atoms with E-state index in [1.54, 1.807) is 18.9 Å². The second-order valence-corrected chi connectivity index (χ2v) is 4.68. The molecular formula is C11H22N2O2. The fourth-order valence-electron chi connectivity index (χ4n) is 1.92. The normalized spacial score (nSPS) is 20.1. The maximum atomic E-state index is 11.9. The van der Waals surface area contributed by atoms with Crippen molar-refractivity contribution >= 4 is 6.03 Å². The molecule has 2 amide bonds. The number of nitrogens with zero attached hydrogens (tertiary/aromatic N) is 2. The second kappa shape index (κ2) is 5.35. The Balaban J connectivity index is 2.39. The molecule has 88 valence electrons. The van der Waals surface area contributed by atoms with Crippen LogP contribution in [0.15, 0.2) is 0 Å². The number of likely N-dealkylation sites (tertiary alicyclic amines) is 1. The van der Waals surface area contributed by atoms with Crippen LogP contribution in [0.4, 0.5) is 4.79 Å². The minimum absolute atomic E-state index is 0.0443. The molecule has 1 fully saturated rings. The van der Waals surface area contributed by atoms with Crippen LogP contribution in [0.1, 0.15) is 26.7 Å². The van der Waals surface area contributed by atoms with Crippen LogP contribution in [0, 0.1) is 5.92 Å². The summed E-state index contributed by atoms with van der Waals surface area (Å²) in [6.07, 6.45) is 1.73. The van der Waals surface area contributed by atoms with E-state index in [9.17, 15) is 9.90 Å². The van der Waals surface area contributed by atoms with E-state index < -0.39 is 6.10 Å². The highest BCUT2D eigenvalue weighted by atomic mass is 16.3. The molecule has 1 saturated heterocycles. The zero-order chi connectivity index (χ0) is 11.4. The number of likely N-dealkylation sites (N-methyl/N-ethyl adjacent to an activating group) is 1. The number of amides is 2. The number of rotatable bonds is 2. The third-order valence-corrected chi connectivity index (χ3v) is 2.92. The summed E-state index contributed by atoms with van der Waals surface area (Å²) >= 11 is 0. The Bertz CT molecular complexity index is 211. The topological polar surface area (TPSA) is 43.8 Å². The van der Waals surface area contributed by atoms with Gasteiger partial charge in [0.1, 0.15) is 0 Å². The molecule has 0 aromatic carbocycles. The Labute approximate surface area is 91.9 Å². The number of carbonyl (C=O) groups excluding carboxylic acids is 1. The lowest BCUT2D eigenvalue weighted by molar-refractivity contribution is 0.113. The third-order valence-electron chi connectivity index (χ3n) is 2.92. The SMILES string of the molecule is CC(O)CN(C)C(=O)N1CCC(C)CC1. The van der Waals surface area contributed by atoms with Crippen molar-refractivity contribution in [3.63, 3.8) is 0 Å². The third kappa shape index (κ3) is 3.70. The fraction of sp³-hybridized carbons (Fsp3) is 0.909. The van der Waals surface area contributed by atoms with Gasteiger partial charge in [0.05, 0.1) is 6.10 Å². The van der Waals surface area contributed by atoms with Gasteiger partial charge in [0, 0.05) is 26.7 Å². The molecule has 1 aliphatic heterocycles. The molecule has 0 aromatic heterocycles. The number of piperidine rings is 1. The molecule has 0 bridgehead atoms. The van der Waals surface area contributed by atoms with Crippen LogP contribution < -0.4 is 0 Å². The van der Waals surface area contributed by atoms with Crippen molar-refractivity contribution in [2.24, 2.45) is 5.92 Å². The summed E-state index contributed by atoms with van der Waals surface area (Å²) in [6, 6.07) is 0.0443. The van der Waals surface area contributed by atoms with Crippen molar-refractivity contribution in [2.75, 3.05) is 26.7 Å². The highest BCUT2D eigenvalue weighted by Gasteiger charge is 2.23. The standard InChI is InChI=1S/C11H22N2O2/c1-9-4-6-13(7-5-9)11(15)12(3)8-10(2)14/h9-10,14H,4-8H2,1-3H3. The van der Waals surface area contributed by atoms with Crippen molar-refractivity contribution in [3.05, 3.63) is 0 Å². The Hall–Kier alpha value is -0.770. The molecule has 1 unspecified atom stereocenters. The Kier molecular flexibility index (Phi) is 4.39. The molecule has 0 spiro atoms. The Morgan fingerprint density at radius 2 is 2.07 bits per heavy atom. The minimum atomic E-state index is -0.456. The lowest BCUT2D eigenvalue weighted by Crippen LogP contribution is -2.46. The van der Waals surface area contributed by atoms with Crippen LogP contribution in [0.2, 0.25) is 0 Å². The molecule has 1 rings (SSSR count). The van der Waals surface area contributed by atoms with Crippen molar-refractivity contribution in [1.29, 1.82) is 0 Å². The first kappa shape index (κ1) is 12.3. The van der Waals surface area contributed by atoms with Gasteiger partial charge in [-0.3, -0.25) is 0 Å². The highest BCUT2D eigenvalue weighted by molar-refractivity contribution is 5.74. The van der Waals surface area contributed by atoms with Crippen molar-refractivity contribution in [2.45, 2.75) is 32.8 Å². The van der Waals surface area contributed by atoms with Crippen LogP contribution in [0.25, 0.3) is 0 Å². The van der Waals surface area contributed by atoms with E-state index in [0.717, 1.165) is 31.8 Å². The van der Waals surface area contributed by atoms with Gasteiger partial charge in [0.25, 0.3) is 0 Å². The molecule has 1 N–H and O–H groups in total. The van der Waals surface area contributed by atoms with Crippen LogP contribution in [0.3, 0.4) is 0 Å². The molecule has 0 aliphatic carbocycles. The summed E-state index contributed by atoms with van der Waals surface area (Å²) in [4.78, 5) is 15.4. The lowest BCUT2D eigenvalue weighted by atomic mass is 10.00.